The molecule has 0 bridgehead atoms. The van der Waals surface area contributed by atoms with Gasteiger partial charge in [-0.25, -0.2) is 19.4 Å². The van der Waals surface area contributed by atoms with Crippen LogP contribution in [0.2, 0.25) is 0 Å². The van der Waals surface area contributed by atoms with E-state index in [1.165, 1.54) is 18.1 Å². The van der Waals surface area contributed by atoms with Crippen molar-refractivity contribution in [3.05, 3.63) is 84.8 Å². The summed E-state index contributed by atoms with van der Waals surface area (Å²) in [5, 5.41) is 12.1. The number of nitrogens with one attached hydrogen (secondary N) is 2. The number of hydrogen-bond donors (Lipinski definition) is 2. The van der Waals surface area contributed by atoms with Crippen LogP contribution in [0.3, 0.4) is 0 Å². The Kier molecular flexibility index (Phi) is 7.41. The topological polar surface area (TPSA) is 103 Å². The first-order valence-electron chi connectivity index (χ1n) is 11.9. The van der Waals surface area contributed by atoms with Gasteiger partial charge in [0.15, 0.2) is 11.5 Å². The molecule has 2 heterocycles. The zero-order chi connectivity index (χ0) is 26.5. The number of carbonyl (C=O) groups excluding carboxylic acids is 1. The molecule has 2 amide bonds. The second-order valence-corrected chi connectivity index (χ2v) is 9.30. The van der Waals surface area contributed by atoms with Crippen LogP contribution >= 0.6 is 11.8 Å². The number of para-hydroxylation sites is 1. The summed E-state index contributed by atoms with van der Waals surface area (Å²) in [6.45, 7) is 2.03. The van der Waals surface area contributed by atoms with E-state index in [1.807, 2.05) is 79.7 Å². The molecule has 0 saturated carbocycles. The molecule has 0 unspecified atom stereocenters. The van der Waals surface area contributed by atoms with Gasteiger partial charge in [-0.15, -0.1) is 0 Å². The predicted octanol–water partition coefficient (Wildman–Crippen LogP) is 6.19. The molecular formula is C28H26N6O3S. The van der Waals surface area contributed by atoms with Crippen molar-refractivity contribution in [1.29, 1.82) is 0 Å². The lowest BCUT2D eigenvalue weighted by Crippen LogP contribution is -2.21. The zero-order valence-corrected chi connectivity index (χ0v) is 22.0. The number of amides is 2. The number of fused-ring (bicyclic) bond motifs is 1. The third kappa shape index (κ3) is 5.40. The minimum atomic E-state index is -0.365. The van der Waals surface area contributed by atoms with Gasteiger partial charge in [0.2, 0.25) is 0 Å². The van der Waals surface area contributed by atoms with Crippen molar-refractivity contribution in [3.63, 3.8) is 0 Å². The highest BCUT2D eigenvalue weighted by atomic mass is 32.2. The maximum Gasteiger partial charge on any atom is 0.324 e. The predicted molar refractivity (Wildman–Crippen MR) is 149 cm³/mol. The van der Waals surface area contributed by atoms with Crippen molar-refractivity contribution in [1.82, 2.24) is 19.7 Å². The van der Waals surface area contributed by atoms with Gasteiger partial charge in [0, 0.05) is 28.1 Å². The highest BCUT2D eigenvalue weighted by Gasteiger charge is 2.14. The van der Waals surface area contributed by atoms with Crippen molar-refractivity contribution in [2.75, 3.05) is 24.9 Å². The molecule has 0 aliphatic heterocycles. The third-order valence-electron chi connectivity index (χ3n) is 5.78. The smallest absolute Gasteiger partial charge is 0.324 e. The minimum Gasteiger partial charge on any atom is -0.493 e. The summed E-state index contributed by atoms with van der Waals surface area (Å²) in [4.78, 5) is 22.7. The number of aromatic nitrogens is 4. The Balaban J connectivity index is 1.34. The summed E-state index contributed by atoms with van der Waals surface area (Å²) in [7, 11) is 3.18. The Labute approximate surface area is 224 Å². The average Bonchev–Trinajstić information content (AvgIpc) is 3.35. The van der Waals surface area contributed by atoms with Crippen LogP contribution in [-0.2, 0) is 6.42 Å². The van der Waals surface area contributed by atoms with E-state index in [1.54, 1.807) is 18.9 Å². The molecule has 0 fully saturated rings. The van der Waals surface area contributed by atoms with Gasteiger partial charge in [-0.3, -0.25) is 5.32 Å². The minimum absolute atomic E-state index is 0.365. The largest absolute Gasteiger partial charge is 0.493 e. The normalized spacial score (nSPS) is 10.8. The molecule has 0 saturated heterocycles. The number of aryl methyl sites for hydroxylation is 1. The van der Waals surface area contributed by atoms with E-state index in [0.717, 1.165) is 38.6 Å². The van der Waals surface area contributed by atoms with E-state index in [-0.39, 0.29) is 6.03 Å². The average molecular weight is 527 g/mol. The van der Waals surface area contributed by atoms with Gasteiger partial charge in [0.05, 0.1) is 31.1 Å². The Morgan fingerprint density at radius 3 is 2.47 bits per heavy atom. The maximum absolute atomic E-state index is 12.9. The monoisotopic (exact) mass is 526 g/mol. The van der Waals surface area contributed by atoms with Gasteiger partial charge >= 0.3 is 6.03 Å². The van der Waals surface area contributed by atoms with Gasteiger partial charge in [-0.1, -0.05) is 43.0 Å². The van der Waals surface area contributed by atoms with Gasteiger partial charge in [0.25, 0.3) is 0 Å². The van der Waals surface area contributed by atoms with Gasteiger partial charge in [0.1, 0.15) is 17.2 Å². The molecule has 0 aliphatic carbocycles. The van der Waals surface area contributed by atoms with E-state index in [9.17, 15) is 4.79 Å². The highest BCUT2D eigenvalue weighted by molar-refractivity contribution is 7.99. The van der Waals surface area contributed by atoms with Crippen LogP contribution in [0.5, 0.6) is 11.5 Å². The first-order chi connectivity index (χ1) is 18.6. The Morgan fingerprint density at radius 2 is 1.71 bits per heavy atom. The summed E-state index contributed by atoms with van der Waals surface area (Å²) < 4.78 is 12.6. The Morgan fingerprint density at radius 1 is 0.921 bits per heavy atom. The molecule has 2 N–H and O–H groups in total. The maximum atomic E-state index is 12.9. The van der Waals surface area contributed by atoms with Crippen molar-refractivity contribution in [2.24, 2.45) is 0 Å². The lowest BCUT2D eigenvalue weighted by molar-refractivity contribution is 0.262. The molecule has 5 aromatic rings. The van der Waals surface area contributed by atoms with Crippen LogP contribution in [0.1, 0.15) is 12.6 Å². The molecule has 9 nitrogen and oxygen atoms in total. The lowest BCUT2D eigenvalue weighted by Gasteiger charge is -2.12. The number of urea groups is 1. The van der Waals surface area contributed by atoms with Gasteiger partial charge in [-0.05, 0) is 42.8 Å². The SMILES string of the molecule is CCc1cc(NC(=O)Nc2cccc(Sc3ncnc4cc(OC)c(OC)cc34)c2)n(-c2ccccc2)n1. The molecule has 10 heteroatoms. The van der Waals surface area contributed by atoms with Crippen LogP contribution < -0.4 is 20.1 Å². The summed E-state index contributed by atoms with van der Waals surface area (Å²) in [5.74, 6) is 1.80. The summed E-state index contributed by atoms with van der Waals surface area (Å²) in [6.07, 6.45) is 2.28. The quantitative estimate of drug-likeness (QED) is 0.232. The molecule has 3 aromatic carbocycles. The Bertz CT molecular complexity index is 1590. The van der Waals surface area contributed by atoms with Crippen LogP contribution in [0, 0.1) is 0 Å². The number of ether oxygens (including phenoxy) is 2. The third-order valence-corrected chi connectivity index (χ3v) is 6.78. The first-order valence-corrected chi connectivity index (χ1v) is 12.8. The number of carbonyl (C=O) groups is 1. The molecule has 38 heavy (non-hydrogen) atoms. The van der Waals surface area contributed by atoms with E-state index < -0.39 is 0 Å². The number of nitrogens with zero attached hydrogens (tertiary/aromatic N) is 4. The molecular weight excluding hydrogens is 500 g/mol. The molecule has 0 aliphatic rings. The number of anilines is 2. The number of hydrogen-bond acceptors (Lipinski definition) is 7. The van der Waals surface area contributed by atoms with Crippen LogP contribution in [-0.4, -0.2) is 40.0 Å². The lowest BCUT2D eigenvalue weighted by atomic mass is 10.2. The second-order valence-electron chi connectivity index (χ2n) is 8.23. The van der Waals surface area contributed by atoms with Crippen molar-refractivity contribution >= 4 is 40.2 Å². The van der Waals surface area contributed by atoms with Crippen molar-refractivity contribution < 1.29 is 14.3 Å². The standard InChI is InChI=1S/C28H26N6O3S/c1-4-18-14-26(34(33-18)20-10-6-5-7-11-20)32-28(35)31-19-9-8-12-21(13-19)38-27-22-15-24(36-2)25(37-3)16-23(22)29-17-30-27/h5-17H,4H2,1-3H3,(H2,31,32,35). The van der Waals surface area contributed by atoms with Gasteiger partial charge in [-0.2, -0.15) is 5.10 Å². The summed E-state index contributed by atoms with van der Waals surface area (Å²) >= 11 is 1.47. The number of methoxy groups -OCH3 is 2. The number of benzene rings is 3. The van der Waals surface area contributed by atoms with Crippen molar-refractivity contribution in [3.8, 4) is 17.2 Å². The Hall–Kier alpha value is -4.57. The van der Waals surface area contributed by atoms with Crippen LogP contribution in [0.25, 0.3) is 16.6 Å². The van der Waals surface area contributed by atoms with E-state index in [4.69, 9.17) is 9.47 Å². The fourth-order valence-corrected chi connectivity index (χ4v) is 4.86. The fourth-order valence-electron chi connectivity index (χ4n) is 3.93. The van der Waals surface area contributed by atoms with E-state index in [0.29, 0.717) is 23.0 Å². The molecule has 0 spiro atoms. The van der Waals surface area contributed by atoms with Crippen LogP contribution in [0.15, 0.2) is 89.0 Å². The van der Waals surface area contributed by atoms with E-state index in [2.05, 4.69) is 25.7 Å². The number of rotatable bonds is 8. The first kappa shape index (κ1) is 25.1. The zero-order valence-electron chi connectivity index (χ0n) is 21.1. The highest BCUT2D eigenvalue weighted by Crippen LogP contribution is 2.37. The summed E-state index contributed by atoms with van der Waals surface area (Å²) in [6, 6.07) is 22.5. The molecule has 192 valence electrons. The molecule has 0 atom stereocenters. The van der Waals surface area contributed by atoms with Crippen LogP contribution in [0.4, 0.5) is 16.3 Å². The van der Waals surface area contributed by atoms with E-state index >= 15 is 0 Å². The van der Waals surface area contributed by atoms with Crippen molar-refractivity contribution in [2.45, 2.75) is 23.3 Å². The second kappa shape index (κ2) is 11.2. The van der Waals surface area contributed by atoms with Gasteiger partial charge < -0.3 is 14.8 Å². The summed E-state index contributed by atoms with van der Waals surface area (Å²) in [5.41, 5.74) is 3.14. The molecule has 0 radical (unpaired) electrons. The molecule has 5 rings (SSSR count). The molecule has 2 aromatic heterocycles. The fraction of sp³-hybridized carbons (Fsp3) is 0.143.